The van der Waals surface area contributed by atoms with E-state index in [4.69, 9.17) is 4.74 Å². The van der Waals surface area contributed by atoms with Crippen molar-refractivity contribution in [2.75, 3.05) is 13.7 Å². The molecule has 2 aromatic rings. The van der Waals surface area contributed by atoms with Gasteiger partial charge in [-0.05, 0) is 30.5 Å². The molecule has 0 radical (unpaired) electrons. The molecular formula is C16H20N2O3S. The van der Waals surface area contributed by atoms with Crippen molar-refractivity contribution in [3.63, 3.8) is 0 Å². The lowest BCUT2D eigenvalue weighted by Crippen LogP contribution is -2.27. The van der Waals surface area contributed by atoms with E-state index in [-0.39, 0.29) is 12.5 Å². The molecule has 0 aliphatic heterocycles. The normalized spacial score (nSPS) is 12.0. The Hall–Kier alpha value is -1.92. The molecule has 1 aromatic carbocycles. The minimum absolute atomic E-state index is 0.146. The van der Waals surface area contributed by atoms with Crippen molar-refractivity contribution in [2.24, 2.45) is 0 Å². The van der Waals surface area contributed by atoms with Crippen molar-refractivity contribution in [3.05, 3.63) is 45.9 Å². The Bertz CT molecular complexity index is 627. The number of aromatic nitrogens is 1. The van der Waals surface area contributed by atoms with Gasteiger partial charge in [0.1, 0.15) is 10.6 Å². The van der Waals surface area contributed by atoms with Gasteiger partial charge >= 0.3 is 0 Å². The maximum atomic E-state index is 12.0. The van der Waals surface area contributed by atoms with Crippen molar-refractivity contribution < 1.29 is 14.6 Å². The van der Waals surface area contributed by atoms with Gasteiger partial charge in [-0.15, -0.1) is 11.3 Å². The first-order valence-electron chi connectivity index (χ1n) is 7.19. The average molecular weight is 320 g/mol. The number of carbonyl (C=O) groups is 1. The molecule has 1 atom stereocenters. The largest absolute Gasteiger partial charge is 0.497 e. The number of methoxy groups -OCH3 is 1. The van der Waals surface area contributed by atoms with E-state index in [9.17, 15) is 9.90 Å². The summed E-state index contributed by atoms with van der Waals surface area (Å²) < 4.78 is 5.12. The number of hydrogen-bond acceptors (Lipinski definition) is 5. The van der Waals surface area contributed by atoms with E-state index in [0.29, 0.717) is 16.2 Å². The van der Waals surface area contributed by atoms with E-state index in [1.807, 2.05) is 0 Å². The summed E-state index contributed by atoms with van der Waals surface area (Å²) in [5.74, 6) is 0.469. The smallest absolute Gasteiger partial charge is 0.263 e. The van der Waals surface area contributed by atoms with Crippen LogP contribution in [0.1, 0.15) is 39.7 Å². The van der Waals surface area contributed by atoms with E-state index in [1.165, 1.54) is 11.3 Å². The number of benzene rings is 1. The number of aryl methyl sites for hydroxylation is 1. The Balaban J connectivity index is 1.91. The van der Waals surface area contributed by atoms with Gasteiger partial charge in [0, 0.05) is 6.54 Å². The van der Waals surface area contributed by atoms with E-state index in [2.05, 4.69) is 17.2 Å². The molecule has 0 aliphatic rings. The third-order valence-electron chi connectivity index (χ3n) is 3.18. The third kappa shape index (κ3) is 4.29. The lowest BCUT2D eigenvalue weighted by molar-refractivity contribution is 0.0920. The van der Waals surface area contributed by atoms with Crippen LogP contribution < -0.4 is 10.1 Å². The number of aliphatic hydroxyl groups excluding tert-OH is 1. The number of thiazole rings is 1. The maximum Gasteiger partial charge on any atom is 0.263 e. The fraction of sp³-hybridized carbons (Fsp3) is 0.375. The molecule has 118 valence electrons. The lowest BCUT2D eigenvalue weighted by atomic mass is 10.1. The highest BCUT2D eigenvalue weighted by atomic mass is 32.1. The minimum Gasteiger partial charge on any atom is -0.497 e. The zero-order valence-corrected chi connectivity index (χ0v) is 13.5. The second-order valence-electron chi connectivity index (χ2n) is 4.87. The Kier molecular flexibility index (Phi) is 5.91. The van der Waals surface area contributed by atoms with Crippen LogP contribution in [0.15, 0.2) is 30.5 Å². The number of nitrogens with one attached hydrogen (secondary N) is 1. The van der Waals surface area contributed by atoms with Crippen LogP contribution in [0.25, 0.3) is 0 Å². The summed E-state index contributed by atoms with van der Waals surface area (Å²) in [4.78, 5) is 16.8. The lowest BCUT2D eigenvalue weighted by Gasteiger charge is -2.12. The quantitative estimate of drug-likeness (QED) is 0.822. The van der Waals surface area contributed by atoms with Gasteiger partial charge in [0.05, 0.1) is 24.4 Å². The molecular weight excluding hydrogens is 300 g/mol. The number of carbonyl (C=O) groups excluding carboxylic acids is 1. The number of amides is 1. The number of nitrogens with zero attached hydrogens (tertiary/aromatic N) is 1. The molecule has 0 saturated carbocycles. The second kappa shape index (κ2) is 7.91. The number of hydrogen-bond donors (Lipinski definition) is 2. The Labute approximate surface area is 134 Å². The topological polar surface area (TPSA) is 71.5 Å². The molecule has 1 aromatic heterocycles. The van der Waals surface area contributed by atoms with E-state index < -0.39 is 6.10 Å². The zero-order chi connectivity index (χ0) is 15.9. The van der Waals surface area contributed by atoms with Gasteiger partial charge in [-0.3, -0.25) is 4.79 Å². The summed E-state index contributed by atoms with van der Waals surface area (Å²) in [6.45, 7) is 2.22. The van der Waals surface area contributed by atoms with Gasteiger partial charge in [-0.25, -0.2) is 4.98 Å². The second-order valence-corrected chi connectivity index (χ2v) is 5.99. The van der Waals surface area contributed by atoms with Crippen LogP contribution in [0.4, 0.5) is 0 Å². The molecule has 2 N–H and O–H groups in total. The van der Waals surface area contributed by atoms with Crippen molar-refractivity contribution in [1.29, 1.82) is 0 Å². The SMILES string of the molecule is CCCc1ncc(C(=O)NCC(O)c2cccc(OC)c2)s1. The van der Waals surface area contributed by atoms with Crippen molar-refractivity contribution in [2.45, 2.75) is 25.9 Å². The standard InChI is InChI=1S/C16H20N2O3S/c1-3-5-15-17-10-14(22-15)16(20)18-9-13(19)11-6-4-7-12(8-11)21-2/h4,6-8,10,13,19H,3,5,9H2,1-2H3,(H,18,20). The molecule has 6 heteroatoms. The Morgan fingerprint density at radius 3 is 3.05 bits per heavy atom. The maximum absolute atomic E-state index is 12.0. The molecule has 0 saturated heterocycles. The summed E-state index contributed by atoms with van der Waals surface area (Å²) in [6.07, 6.45) is 2.69. The van der Waals surface area contributed by atoms with Gasteiger partial charge in [-0.2, -0.15) is 0 Å². The van der Waals surface area contributed by atoms with Gasteiger partial charge < -0.3 is 15.2 Å². The molecule has 5 nitrogen and oxygen atoms in total. The number of aliphatic hydroxyl groups is 1. The van der Waals surface area contributed by atoms with E-state index >= 15 is 0 Å². The van der Waals surface area contributed by atoms with Crippen LogP contribution in [-0.4, -0.2) is 29.7 Å². The highest BCUT2D eigenvalue weighted by Crippen LogP contribution is 2.19. The third-order valence-corrected chi connectivity index (χ3v) is 4.23. The molecule has 0 spiro atoms. The molecule has 1 amide bonds. The fourth-order valence-electron chi connectivity index (χ4n) is 1.99. The molecule has 0 aliphatic carbocycles. The van der Waals surface area contributed by atoms with Gasteiger partial charge in [0.15, 0.2) is 0 Å². The van der Waals surface area contributed by atoms with Crippen LogP contribution in [0.2, 0.25) is 0 Å². The molecule has 1 heterocycles. The molecule has 0 bridgehead atoms. The molecule has 0 fully saturated rings. The van der Waals surface area contributed by atoms with Crippen LogP contribution >= 0.6 is 11.3 Å². The number of rotatable bonds is 7. The van der Waals surface area contributed by atoms with Crippen molar-refractivity contribution in [1.82, 2.24) is 10.3 Å². The fourth-order valence-corrected chi connectivity index (χ4v) is 2.92. The molecule has 22 heavy (non-hydrogen) atoms. The predicted octanol–water partition coefficient (Wildman–Crippen LogP) is 2.57. The first kappa shape index (κ1) is 16.5. The van der Waals surface area contributed by atoms with Crippen molar-refractivity contribution in [3.8, 4) is 5.75 Å². The van der Waals surface area contributed by atoms with E-state index in [0.717, 1.165) is 17.8 Å². The van der Waals surface area contributed by atoms with Crippen molar-refractivity contribution >= 4 is 17.2 Å². The zero-order valence-electron chi connectivity index (χ0n) is 12.7. The summed E-state index contributed by atoms with van der Waals surface area (Å²) in [6, 6.07) is 7.16. The highest BCUT2D eigenvalue weighted by Gasteiger charge is 2.13. The van der Waals surface area contributed by atoms with Gasteiger partial charge in [-0.1, -0.05) is 19.1 Å². The van der Waals surface area contributed by atoms with Crippen LogP contribution in [0.5, 0.6) is 5.75 Å². The first-order valence-corrected chi connectivity index (χ1v) is 8.00. The molecule has 1 unspecified atom stereocenters. The van der Waals surface area contributed by atoms with Crippen LogP contribution in [0.3, 0.4) is 0 Å². The average Bonchev–Trinajstić information content (AvgIpc) is 3.01. The van der Waals surface area contributed by atoms with Crippen LogP contribution in [-0.2, 0) is 6.42 Å². The Morgan fingerprint density at radius 1 is 1.50 bits per heavy atom. The van der Waals surface area contributed by atoms with Gasteiger partial charge in [0.2, 0.25) is 0 Å². The summed E-state index contributed by atoms with van der Waals surface area (Å²) in [7, 11) is 1.57. The molecule has 2 rings (SSSR count). The summed E-state index contributed by atoms with van der Waals surface area (Å²) in [5, 5.41) is 13.8. The minimum atomic E-state index is -0.776. The highest BCUT2D eigenvalue weighted by molar-refractivity contribution is 7.13. The predicted molar refractivity (Wildman–Crippen MR) is 86.4 cm³/mol. The number of ether oxygens (including phenoxy) is 1. The summed E-state index contributed by atoms with van der Waals surface area (Å²) in [5.41, 5.74) is 0.704. The monoisotopic (exact) mass is 320 g/mol. The summed E-state index contributed by atoms with van der Waals surface area (Å²) >= 11 is 1.39. The van der Waals surface area contributed by atoms with Crippen LogP contribution in [0, 0.1) is 0 Å². The van der Waals surface area contributed by atoms with E-state index in [1.54, 1.807) is 37.6 Å². The van der Waals surface area contributed by atoms with Gasteiger partial charge in [0.25, 0.3) is 5.91 Å². The Morgan fingerprint density at radius 2 is 2.32 bits per heavy atom. The first-order chi connectivity index (χ1) is 10.6.